The predicted molar refractivity (Wildman–Crippen MR) is 126 cm³/mol. The molecule has 10 nitrogen and oxygen atoms in total. The van der Waals surface area contributed by atoms with Gasteiger partial charge in [0.15, 0.2) is 0 Å². The Hall–Kier alpha value is -4.54. The molecule has 0 spiro atoms. The molecule has 0 unspecified atom stereocenters. The number of nitrogens with one attached hydrogen (secondary N) is 2. The highest BCUT2D eigenvalue weighted by molar-refractivity contribution is 5.98. The maximum atomic E-state index is 14.7. The SMILES string of the molecule is CCOC(=O)Nc1cncc(-c2cc(-c3ncccc3F)c3nc(N(CC)C(N)=O)[nH]c3c2)c1. The summed E-state index contributed by atoms with van der Waals surface area (Å²) < 4.78 is 19.6. The maximum Gasteiger partial charge on any atom is 0.411 e. The normalized spacial score (nSPS) is 10.8. The minimum atomic E-state index is -0.672. The van der Waals surface area contributed by atoms with E-state index in [2.05, 4.69) is 25.3 Å². The van der Waals surface area contributed by atoms with Crippen LogP contribution in [0.15, 0.2) is 48.9 Å². The summed E-state index contributed by atoms with van der Waals surface area (Å²) in [6, 6.07) is 7.36. The summed E-state index contributed by atoms with van der Waals surface area (Å²) in [5.74, 6) is -0.292. The predicted octanol–water partition coefficient (Wildman–Crippen LogP) is 4.30. The lowest BCUT2D eigenvalue weighted by atomic mass is 10.0. The fourth-order valence-electron chi connectivity index (χ4n) is 3.52. The highest BCUT2D eigenvalue weighted by Crippen LogP contribution is 2.35. The highest BCUT2D eigenvalue weighted by Gasteiger charge is 2.20. The van der Waals surface area contributed by atoms with Gasteiger partial charge in [-0.2, -0.15) is 0 Å². The number of pyridine rings is 2. The second-order valence-corrected chi connectivity index (χ2v) is 7.20. The van der Waals surface area contributed by atoms with Gasteiger partial charge in [-0.15, -0.1) is 0 Å². The number of halogens is 1. The lowest BCUT2D eigenvalue weighted by Crippen LogP contribution is -2.36. The van der Waals surface area contributed by atoms with Crippen molar-refractivity contribution in [3.8, 4) is 22.4 Å². The molecule has 4 N–H and O–H groups in total. The monoisotopic (exact) mass is 463 g/mol. The van der Waals surface area contributed by atoms with Crippen molar-refractivity contribution in [2.75, 3.05) is 23.4 Å². The van der Waals surface area contributed by atoms with E-state index in [1.165, 1.54) is 29.4 Å². The molecule has 3 amide bonds. The first-order chi connectivity index (χ1) is 16.4. The number of urea groups is 1. The zero-order chi connectivity index (χ0) is 24.2. The number of anilines is 2. The number of nitrogens with zero attached hydrogens (tertiary/aromatic N) is 4. The Morgan fingerprint density at radius 1 is 1.21 bits per heavy atom. The zero-order valence-electron chi connectivity index (χ0n) is 18.5. The smallest absolute Gasteiger partial charge is 0.411 e. The molecule has 0 aliphatic carbocycles. The Labute approximate surface area is 194 Å². The van der Waals surface area contributed by atoms with Gasteiger partial charge in [-0.1, -0.05) is 0 Å². The summed E-state index contributed by atoms with van der Waals surface area (Å²) in [5, 5.41) is 2.61. The van der Waals surface area contributed by atoms with Crippen LogP contribution < -0.4 is 16.0 Å². The number of rotatable bonds is 6. The van der Waals surface area contributed by atoms with Crippen LogP contribution in [0.3, 0.4) is 0 Å². The molecule has 0 saturated carbocycles. The van der Waals surface area contributed by atoms with Gasteiger partial charge in [0.25, 0.3) is 0 Å². The average Bonchev–Trinajstić information content (AvgIpc) is 3.23. The Morgan fingerprint density at radius 2 is 2.03 bits per heavy atom. The molecule has 11 heteroatoms. The van der Waals surface area contributed by atoms with Crippen LogP contribution in [0.4, 0.5) is 25.6 Å². The zero-order valence-corrected chi connectivity index (χ0v) is 18.5. The van der Waals surface area contributed by atoms with Gasteiger partial charge >= 0.3 is 12.1 Å². The number of imidazole rings is 1. The molecule has 0 fully saturated rings. The van der Waals surface area contributed by atoms with Gasteiger partial charge in [0.2, 0.25) is 5.95 Å². The van der Waals surface area contributed by atoms with Crippen LogP contribution >= 0.6 is 0 Å². The fraction of sp³-hybridized carbons (Fsp3) is 0.174. The lowest BCUT2D eigenvalue weighted by molar-refractivity contribution is 0.168. The molecule has 0 atom stereocenters. The Kier molecular flexibility index (Phi) is 6.35. The third-order valence-electron chi connectivity index (χ3n) is 5.02. The molecule has 1 aromatic carbocycles. The molecule has 174 valence electrons. The number of nitrogens with two attached hydrogens (primary N) is 1. The number of primary amides is 1. The van der Waals surface area contributed by atoms with Crippen LogP contribution in [0.2, 0.25) is 0 Å². The standard InChI is InChI=1S/C23H22FN7O3/c1-3-31(21(25)32)22-29-18-10-13(14-8-15(12-26-11-14)28-23(33)34-4-2)9-16(20(18)30-22)19-17(24)6-5-7-27-19/h5-12H,3-4H2,1-2H3,(H2,25,32)(H,28,33)(H,29,30). The number of H-pyrrole nitrogens is 1. The first kappa shape index (κ1) is 22.6. The van der Waals surface area contributed by atoms with Gasteiger partial charge in [-0.25, -0.2) is 19.0 Å². The molecule has 4 aromatic rings. The van der Waals surface area contributed by atoms with Crippen molar-refractivity contribution in [1.82, 2.24) is 19.9 Å². The van der Waals surface area contributed by atoms with Gasteiger partial charge in [-0.05, 0) is 49.7 Å². The van der Waals surface area contributed by atoms with Crippen LogP contribution in [0.25, 0.3) is 33.4 Å². The number of hydrogen-bond donors (Lipinski definition) is 3. The third kappa shape index (κ3) is 4.49. The number of carbonyl (C=O) groups is 2. The number of amides is 3. The summed E-state index contributed by atoms with van der Waals surface area (Å²) in [6.07, 6.45) is 3.98. The van der Waals surface area contributed by atoms with E-state index in [0.717, 1.165) is 0 Å². The van der Waals surface area contributed by atoms with Crippen molar-refractivity contribution in [2.24, 2.45) is 5.73 Å². The maximum absolute atomic E-state index is 14.7. The molecule has 3 aromatic heterocycles. The molecule has 0 aliphatic heterocycles. The van der Waals surface area contributed by atoms with Crippen LogP contribution in [-0.2, 0) is 4.74 Å². The summed E-state index contributed by atoms with van der Waals surface area (Å²) in [5.41, 5.74) is 8.68. The van der Waals surface area contributed by atoms with Gasteiger partial charge in [-0.3, -0.25) is 20.2 Å². The first-order valence-electron chi connectivity index (χ1n) is 10.5. The molecule has 0 aliphatic rings. The number of carbonyl (C=O) groups excluding carboxylic acids is 2. The van der Waals surface area contributed by atoms with E-state index < -0.39 is 17.9 Å². The summed E-state index contributed by atoms with van der Waals surface area (Å²) in [4.78, 5) is 40.9. The van der Waals surface area contributed by atoms with E-state index >= 15 is 0 Å². The van der Waals surface area contributed by atoms with Gasteiger partial charge < -0.3 is 15.5 Å². The average molecular weight is 463 g/mol. The van der Waals surface area contributed by atoms with E-state index in [9.17, 15) is 14.0 Å². The molecular weight excluding hydrogens is 441 g/mol. The van der Waals surface area contributed by atoms with E-state index in [1.807, 2.05) is 0 Å². The number of aromatic nitrogens is 4. The van der Waals surface area contributed by atoms with Gasteiger partial charge in [0.1, 0.15) is 17.0 Å². The van der Waals surface area contributed by atoms with E-state index in [-0.39, 0.29) is 18.2 Å². The van der Waals surface area contributed by atoms with E-state index in [0.29, 0.717) is 40.0 Å². The number of aromatic amines is 1. The summed E-state index contributed by atoms with van der Waals surface area (Å²) in [6.45, 7) is 3.99. The Balaban J connectivity index is 1.88. The van der Waals surface area contributed by atoms with Crippen molar-refractivity contribution in [2.45, 2.75) is 13.8 Å². The molecular formula is C23H22FN7O3. The van der Waals surface area contributed by atoms with Crippen LogP contribution in [-0.4, -0.2) is 45.2 Å². The highest BCUT2D eigenvalue weighted by atomic mass is 19.1. The number of benzene rings is 1. The minimum absolute atomic E-state index is 0.100. The first-order valence-corrected chi connectivity index (χ1v) is 10.5. The Morgan fingerprint density at radius 3 is 2.74 bits per heavy atom. The largest absolute Gasteiger partial charge is 0.450 e. The Bertz CT molecular complexity index is 1370. The second-order valence-electron chi connectivity index (χ2n) is 7.20. The molecule has 4 rings (SSSR count). The summed E-state index contributed by atoms with van der Waals surface area (Å²) in [7, 11) is 0. The van der Waals surface area contributed by atoms with Crippen molar-refractivity contribution < 1.29 is 18.7 Å². The topological polar surface area (TPSA) is 139 Å². The van der Waals surface area contributed by atoms with E-state index in [4.69, 9.17) is 10.5 Å². The molecule has 0 bridgehead atoms. The lowest BCUT2D eigenvalue weighted by Gasteiger charge is -2.13. The number of fused-ring (bicyclic) bond motifs is 1. The molecule has 0 saturated heterocycles. The van der Waals surface area contributed by atoms with Crippen molar-refractivity contribution in [3.05, 3.63) is 54.7 Å². The number of ether oxygens (including phenoxy) is 1. The molecule has 34 heavy (non-hydrogen) atoms. The van der Waals surface area contributed by atoms with E-state index in [1.54, 1.807) is 38.2 Å². The van der Waals surface area contributed by atoms with Crippen LogP contribution in [0.1, 0.15) is 13.8 Å². The molecule has 0 radical (unpaired) electrons. The third-order valence-corrected chi connectivity index (χ3v) is 5.02. The van der Waals surface area contributed by atoms with Crippen molar-refractivity contribution in [3.63, 3.8) is 0 Å². The van der Waals surface area contributed by atoms with Crippen molar-refractivity contribution >= 4 is 34.8 Å². The number of hydrogen-bond acceptors (Lipinski definition) is 6. The second kappa shape index (κ2) is 9.53. The molecule has 3 heterocycles. The summed E-state index contributed by atoms with van der Waals surface area (Å²) >= 11 is 0. The quantitative estimate of drug-likeness (QED) is 0.390. The van der Waals surface area contributed by atoms with Crippen LogP contribution in [0.5, 0.6) is 0 Å². The van der Waals surface area contributed by atoms with Gasteiger partial charge in [0, 0.05) is 30.1 Å². The van der Waals surface area contributed by atoms with Crippen LogP contribution in [0, 0.1) is 5.82 Å². The fourth-order valence-corrected chi connectivity index (χ4v) is 3.52. The van der Waals surface area contributed by atoms with Crippen molar-refractivity contribution in [1.29, 1.82) is 0 Å². The minimum Gasteiger partial charge on any atom is -0.450 e. The van der Waals surface area contributed by atoms with Gasteiger partial charge in [0.05, 0.1) is 24.0 Å².